The first-order chi connectivity index (χ1) is 10.5. The average Bonchev–Trinajstić information content (AvgIpc) is 3.01. The van der Waals surface area contributed by atoms with Crippen molar-refractivity contribution < 1.29 is 9.18 Å². The van der Waals surface area contributed by atoms with Gasteiger partial charge in [-0.25, -0.2) is 4.39 Å². The molecule has 0 aliphatic heterocycles. The Bertz CT molecular complexity index is 628. The lowest BCUT2D eigenvalue weighted by molar-refractivity contribution is -0.120. The number of nitrogens with zero attached hydrogens (tertiary/aromatic N) is 1. The van der Waals surface area contributed by atoms with Crippen LogP contribution in [0.3, 0.4) is 0 Å². The lowest BCUT2D eigenvalue weighted by Crippen LogP contribution is -2.41. The third-order valence-electron chi connectivity index (χ3n) is 3.71. The van der Waals surface area contributed by atoms with E-state index in [1.54, 1.807) is 30.4 Å². The van der Waals surface area contributed by atoms with Crippen molar-refractivity contribution in [3.05, 3.63) is 52.0 Å². The molecule has 1 N–H and O–H groups in total. The second-order valence-electron chi connectivity index (χ2n) is 5.27. The number of halogens is 1. The van der Waals surface area contributed by atoms with E-state index < -0.39 is 0 Å². The first-order valence-corrected chi connectivity index (χ1v) is 8.22. The van der Waals surface area contributed by atoms with Crippen LogP contribution in [0, 0.1) is 12.7 Å². The van der Waals surface area contributed by atoms with Gasteiger partial charge in [0.2, 0.25) is 5.91 Å². The van der Waals surface area contributed by atoms with E-state index in [9.17, 15) is 9.18 Å². The normalized spacial score (nSPS) is 12.4. The van der Waals surface area contributed by atoms with Crippen LogP contribution in [-0.4, -0.2) is 23.4 Å². The monoisotopic (exact) mass is 320 g/mol. The minimum absolute atomic E-state index is 0.123. The maximum atomic E-state index is 13.5. The van der Waals surface area contributed by atoms with Gasteiger partial charge in [-0.2, -0.15) is 0 Å². The van der Waals surface area contributed by atoms with E-state index in [0.29, 0.717) is 11.3 Å². The number of carbonyl (C=O) groups is 1. The SMILES string of the molecule is CCN(Cc1cccs1)C(C)C(=O)Nc1ccc(C)c(F)c1. The highest BCUT2D eigenvalue weighted by atomic mass is 32.1. The topological polar surface area (TPSA) is 32.3 Å². The van der Waals surface area contributed by atoms with Crippen molar-refractivity contribution in [3.63, 3.8) is 0 Å². The number of likely N-dealkylation sites (N-methyl/N-ethyl adjacent to an activating group) is 1. The van der Waals surface area contributed by atoms with Crippen LogP contribution in [0.1, 0.15) is 24.3 Å². The highest BCUT2D eigenvalue weighted by Gasteiger charge is 2.20. The van der Waals surface area contributed by atoms with Crippen molar-refractivity contribution >= 4 is 22.9 Å². The van der Waals surface area contributed by atoms with Crippen LogP contribution in [0.5, 0.6) is 0 Å². The molecule has 1 amide bonds. The molecule has 0 fully saturated rings. The molecule has 22 heavy (non-hydrogen) atoms. The quantitative estimate of drug-likeness (QED) is 0.871. The molecule has 118 valence electrons. The number of hydrogen-bond acceptors (Lipinski definition) is 3. The zero-order valence-electron chi connectivity index (χ0n) is 13.1. The molecule has 2 rings (SSSR count). The maximum absolute atomic E-state index is 13.5. The summed E-state index contributed by atoms with van der Waals surface area (Å²) in [5.74, 6) is -0.432. The summed E-state index contributed by atoms with van der Waals surface area (Å²) in [5.41, 5.74) is 1.06. The van der Waals surface area contributed by atoms with Gasteiger partial charge in [-0.1, -0.05) is 19.1 Å². The number of benzene rings is 1. The largest absolute Gasteiger partial charge is 0.325 e. The molecule has 1 unspecified atom stereocenters. The van der Waals surface area contributed by atoms with Gasteiger partial charge in [-0.15, -0.1) is 11.3 Å². The molecule has 3 nitrogen and oxygen atoms in total. The lowest BCUT2D eigenvalue weighted by atomic mass is 10.2. The van der Waals surface area contributed by atoms with Gasteiger partial charge in [0.15, 0.2) is 0 Å². The summed E-state index contributed by atoms with van der Waals surface area (Å²) in [6.45, 7) is 7.11. The van der Waals surface area contributed by atoms with E-state index in [1.807, 2.05) is 25.3 Å². The van der Waals surface area contributed by atoms with E-state index in [2.05, 4.69) is 16.3 Å². The molecule has 1 aromatic carbocycles. The Morgan fingerprint density at radius 3 is 2.77 bits per heavy atom. The Hall–Kier alpha value is -1.72. The van der Waals surface area contributed by atoms with Gasteiger partial charge in [-0.05, 0) is 49.5 Å². The van der Waals surface area contributed by atoms with Gasteiger partial charge < -0.3 is 5.32 Å². The van der Waals surface area contributed by atoms with Crippen molar-refractivity contribution in [1.29, 1.82) is 0 Å². The van der Waals surface area contributed by atoms with E-state index in [1.165, 1.54) is 10.9 Å². The maximum Gasteiger partial charge on any atom is 0.241 e. The van der Waals surface area contributed by atoms with Crippen molar-refractivity contribution in [2.24, 2.45) is 0 Å². The molecule has 0 bridgehead atoms. The fourth-order valence-corrected chi connectivity index (χ4v) is 2.94. The van der Waals surface area contributed by atoms with Crippen LogP contribution in [-0.2, 0) is 11.3 Å². The molecule has 0 radical (unpaired) electrons. The Kier molecular flexibility index (Phi) is 5.69. The van der Waals surface area contributed by atoms with Gasteiger partial charge in [0, 0.05) is 17.1 Å². The number of anilines is 1. The molecule has 1 atom stereocenters. The molecule has 0 spiro atoms. The van der Waals surface area contributed by atoms with Crippen molar-refractivity contribution in [3.8, 4) is 0 Å². The second-order valence-corrected chi connectivity index (χ2v) is 6.30. The third kappa shape index (κ3) is 4.15. The Balaban J connectivity index is 2.01. The highest BCUT2D eigenvalue weighted by molar-refractivity contribution is 7.09. The first kappa shape index (κ1) is 16.6. The molecule has 2 aromatic rings. The van der Waals surface area contributed by atoms with Crippen LogP contribution in [0.15, 0.2) is 35.7 Å². The summed E-state index contributed by atoms with van der Waals surface area (Å²) in [7, 11) is 0. The Morgan fingerprint density at radius 2 is 2.18 bits per heavy atom. The predicted molar refractivity (Wildman–Crippen MR) is 89.6 cm³/mol. The number of rotatable bonds is 6. The van der Waals surface area contributed by atoms with E-state index in [4.69, 9.17) is 0 Å². The van der Waals surface area contributed by atoms with Crippen LogP contribution >= 0.6 is 11.3 Å². The summed E-state index contributed by atoms with van der Waals surface area (Å²) >= 11 is 1.68. The number of nitrogens with one attached hydrogen (secondary N) is 1. The summed E-state index contributed by atoms with van der Waals surface area (Å²) in [5, 5.41) is 4.82. The van der Waals surface area contributed by atoms with Gasteiger partial charge in [0.05, 0.1) is 6.04 Å². The van der Waals surface area contributed by atoms with Crippen LogP contribution in [0.2, 0.25) is 0 Å². The molecule has 0 aliphatic rings. The van der Waals surface area contributed by atoms with Gasteiger partial charge in [0.1, 0.15) is 5.82 Å². The third-order valence-corrected chi connectivity index (χ3v) is 4.57. The number of carbonyl (C=O) groups excluding carboxylic acids is 1. The fraction of sp³-hybridized carbons (Fsp3) is 0.353. The predicted octanol–water partition coefficient (Wildman–Crippen LogP) is 4.04. The van der Waals surface area contributed by atoms with Gasteiger partial charge in [-0.3, -0.25) is 9.69 Å². The standard InChI is InChI=1S/C17H21FN2OS/c1-4-20(11-15-6-5-9-22-15)13(3)17(21)19-14-8-7-12(2)16(18)10-14/h5-10,13H,4,11H2,1-3H3,(H,19,21). The van der Waals surface area contributed by atoms with Crippen molar-refractivity contribution in [2.45, 2.75) is 33.4 Å². The smallest absolute Gasteiger partial charge is 0.241 e. The first-order valence-electron chi connectivity index (χ1n) is 7.34. The Morgan fingerprint density at radius 1 is 1.41 bits per heavy atom. The van der Waals surface area contributed by atoms with Crippen LogP contribution in [0.4, 0.5) is 10.1 Å². The molecule has 0 aliphatic carbocycles. The van der Waals surface area contributed by atoms with Gasteiger partial charge >= 0.3 is 0 Å². The molecular weight excluding hydrogens is 299 g/mol. The van der Waals surface area contributed by atoms with E-state index >= 15 is 0 Å². The molecular formula is C17H21FN2OS. The number of aryl methyl sites for hydroxylation is 1. The summed E-state index contributed by atoms with van der Waals surface area (Å²) in [4.78, 5) is 15.7. The molecule has 5 heteroatoms. The van der Waals surface area contributed by atoms with E-state index in [-0.39, 0.29) is 17.8 Å². The van der Waals surface area contributed by atoms with Gasteiger partial charge in [0.25, 0.3) is 0 Å². The fourth-order valence-electron chi connectivity index (χ4n) is 2.21. The van der Waals surface area contributed by atoms with E-state index in [0.717, 1.165) is 13.1 Å². The minimum Gasteiger partial charge on any atom is -0.325 e. The molecule has 0 saturated heterocycles. The zero-order valence-corrected chi connectivity index (χ0v) is 13.9. The highest BCUT2D eigenvalue weighted by Crippen LogP contribution is 2.17. The minimum atomic E-state index is -0.309. The second kappa shape index (κ2) is 7.51. The number of thiophene rings is 1. The zero-order chi connectivity index (χ0) is 16.1. The molecule has 0 saturated carbocycles. The number of amides is 1. The summed E-state index contributed by atoms with van der Waals surface area (Å²) in [6, 6.07) is 8.53. The lowest BCUT2D eigenvalue weighted by Gasteiger charge is -2.26. The summed E-state index contributed by atoms with van der Waals surface area (Å²) in [6.07, 6.45) is 0. The number of hydrogen-bond donors (Lipinski definition) is 1. The van der Waals surface area contributed by atoms with Crippen LogP contribution < -0.4 is 5.32 Å². The van der Waals surface area contributed by atoms with Crippen LogP contribution in [0.25, 0.3) is 0 Å². The molecule has 1 aromatic heterocycles. The van der Waals surface area contributed by atoms with Crippen molar-refractivity contribution in [2.75, 3.05) is 11.9 Å². The average molecular weight is 320 g/mol. The summed E-state index contributed by atoms with van der Waals surface area (Å²) < 4.78 is 13.5. The Labute approximate surface area is 134 Å². The molecule has 1 heterocycles. The van der Waals surface area contributed by atoms with Crippen molar-refractivity contribution in [1.82, 2.24) is 4.90 Å².